The fraction of sp³-hybridized carbons (Fsp3) is 0.429. The Morgan fingerprint density at radius 3 is 2.32 bits per heavy atom. The second-order valence-corrected chi connectivity index (χ2v) is 4.73. The molecule has 1 aromatic rings. The number of nitrogens with zero attached hydrogens (tertiary/aromatic N) is 1. The van der Waals surface area contributed by atoms with E-state index in [-0.39, 0.29) is 18.5 Å². The van der Waals surface area contributed by atoms with Crippen LogP contribution >= 0.6 is 0 Å². The molecule has 0 aromatic heterocycles. The highest BCUT2D eigenvalue weighted by Gasteiger charge is 2.22. The molecule has 0 heterocycles. The Balaban J connectivity index is 2.69. The molecular formula is C14H20N2O3. The Hall–Kier alpha value is -2.04. The van der Waals surface area contributed by atoms with Gasteiger partial charge in [-0.1, -0.05) is 30.3 Å². The maximum Gasteiger partial charge on any atom is 0.326 e. The molecule has 0 fully saturated rings. The monoisotopic (exact) mass is 264 g/mol. The number of carboxylic acid groups (broad SMARTS) is 1. The number of carbonyl (C=O) groups is 2. The molecule has 1 atom stereocenters. The number of hydrogen-bond donors (Lipinski definition) is 2. The fourth-order valence-corrected chi connectivity index (χ4v) is 1.54. The van der Waals surface area contributed by atoms with Gasteiger partial charge in [0.25, 0.3) is 0 Å². The highest BCUT2D eigenvalue weighted by molar-refractivity contribution is 5.82. The van der Waals surface area contributed by atoms with Crippen molar-refractivity contribution in [3.8, 4) is 0 Å². The van der Waals surface area contributed by atoms with Crippen LogP contribution in [0.15, 0.2) is 30.3 Å². The van der Waals surface area contributed by atoms with Crippen LogP contribution in [-0.4, -0.2) is 41.1 Å². The van der Waals surface area contributed by atoms with Crippen molar-refractivity contribution in [2.75, 3.05) is 7.05 Å². The van der Waals surface area contributed by atoms with Gasteiger partial charge in [0.05, 0.1) is 0 Å². The van der Waals surface area contributed by atoms with Crippen LogP contribution < -0.4 is 5.32 Å². The van der Waals surface area contributed by atoms with Crippen LogP contribution in [0.3, 0.4) is 0 Å². The maximum atomic E-state index is 11.8. The summed E-state index contributed by atoms with van der Waals surface area (Å²) >= 11 is 0. The largest absolute Gasteiger partial charge is 0.480 e. The van der Waals surface area contributed by atoms with Crippen molar-refractivity contribution < 1.29 is 14.7 Å². The van der Waals surface area contributed by atoms with Gasteiger partial charge in [0.1, 0.15) is 6.04 Å². The highest BCUT2D eigenvalue weighted by atomic mass is 16.4. The van der Waals surface area contributed by atoms with Crippen molar-refractivity contribution in [1.29, 1.82) is 0 Å². The molecule has 0 aliphatic heterocycles. The fourth-order valence-electron chi connectivity index (χ4n) is 1.54. The topological polar surface area (TPSA) is 69.6 Å². The van der Waals surface area contributed by atoms with E-state index in [4.69, 9.17) is 0 Å². The smallest absolute Gasteiger partial charge is 0.326 e. The summed E-state index contributed by atoms with van der Waals surface area (Å²) in [7, 11) is 1.64. The molecular weight excluding hydrogens is 244 g/mol. The molecule has 1 unspecified atom stereocenters. The lowest BCUT2D eigenvalue weighted by Crippen LogP contribution is -2.49. The predicted octanol–water partition coefficient (Wildman–Crippen LogP) is 1.73. The molecule has 0 saturated carbocycles. The molecule has 1 rings (SSSR count). The first-order valence-electron chi connectivity index (χ1n) is 6.22. The molecule has 19 heavy (non-hydrogen) atoms. The van der Waals surface area contributed by atoms with Crippen LogP contribution in [0.2, 0.25) is 0 Å². The summed E-state index contributed by atoms with van der Waals surface area (Å²) in [5.74, 6) is -1.03. The van der Waals surface area contributed by atoms with E-state index in [0.717, 1.165) is 5.56 Å². The Bertz CT molecular complexity index is 432. The minimum atomic E-state index is -1.03. The van der Waals surface area contributed by atoms with Crippen molar-refractivity contribution in [2.24, 2.45) is 0 Å². The van der Waals surface area contributed by atoms with E-state index < -0.39 is 12.0 Å². The van der Waals surface area contributed by atoms with Gasteiger partial charge in [0, 0.05) is 19.5 Å². The molecule has 0 aliphatic rings. The summed E-state index contributed by atoms with van der Waals surface area (Å²) in [4.78, 5) is 24.5. The SMILES string of the molecule is CC(C)N(C)C(=O)NC(Cc1ccccc1)C(=O)O. The molecule has 5 heteroatoms. The van der Waals surface area contributed by atoms with E-state index in [2.05, 4.69) is 5.32 Å². The third kappa shape index (κ3) is 4.62. The van der Waals surface area contributed by atoms with Gasteiger partial charge in [-0.15, -0.1) is 0 Å². The summed E-state index contributed by atoms with van der Waals surface area (Å²) in [6.45, 7) is 3.74. The van der Waals surface area contributed by atoms with Crippen LogP contribution in [0, 0.1) is 0 Å². The van der Waals surface area contributed by atoms with Crippen molar-refractivity contribution in [3.63, 3.8) is 0 Å². The number of aliphatic carboxylic acids is 1. The van der Waals surface area contributed by atoms with Gasteiger partial charge in [0.2, 0.25) is 0 Å². The molecule has 0 bridgehead atoms. The molecule has 2 amide bonds. The Morgan fingerprint density at radius 2 is 1.84 bits per heavy atom. The predicted molar refractivity (Wildman–Crippen MR) is 73.0 cm³/mol. The number of hydrogen-bond acceptors (Lipinski definition) is 2. The average molecular weight is 264 g/mol. The number of carbonyl (C=O) groups excluding carboxylic acids is 1. The van der Waals surface area contributed by atoms with Gasteiger partial charge in [-0.05, 0) is 19.4 Å². The summed E-state index contributed by atoms with van der Waals surface area (Å²) in [5.41, 5.74) is 0.877. The molecule has 0 saturated heterocycles. The first-order valence-corrected chi connectivity index (χ1v) is 6.22. The zero-order valence-electron chi connectivity index (χ0n) is 11.5. The van der Waals surface area contributed by atoms with Gasteiger partial charge in [-0.2, -0.15) is 0 Å². The Morgan fingerprint density at radius 1 is 1.26 bits per heavy atom. The van der Waals surface area contributed by atoms with Gasteiger partial charge in [-0.3, -0.25) is 0 Å². The molecule has 104 valence electrons. The highest BCUT2D eigenvalue weighted by Crippen LogP contribution is 2.04. The van der Waals surface area contributed by atoms with E-state index in [1.54, 1.807) is 7.05 Å². The first-order chi connectivity index (χ1) is 8.91. The summed E-state index contributed by atoms with van der Waals surface area (Å²) in [6.07, 6.45) is 0.272. The van der Waals surface area contributed by atoms with Crippen molar-refractivity contribution in [3.05, 3.63) is 35.9 Å². The first kappa shape index (κ1) is 15.0. The molecule has 0 spiro atoms. The summed E-state index contributed by atoms with van der Waals surface area (Å²) < 4.78 is 0. The van der Waals surface area contributed by atoms with E-state index in [9.17, 15) is 14.7 Å². The molecule has 2 N–H and O–H groups in total. The third-order valence-electron chi connectivity index (χ3n) is 2.97. The lowest BCUT2D eigenvalue weighted by molar-refractivity contribution is -0.139. The van der Waals surface area contributed by atoms with Gasteiger partial charge in [0.15, 0.2) is 0 Å². The van der Waals surface area contributed by atoms with E-state index in [1.807, 2.05) is 44.2 Å². The zero-order valence-corrected chi connectivity index (χ0v) is 11.5. The van der Waals surface area contributed by atoms with Crippen LogP contribution in [0.4, 0.5) is 4.79 Å². The number of carboxylic acids is 1. The van der Waals surface area contributed by atoms with E-state index in [0.29, 0.717) is 0 Å². The van der Waals surface area contributed by atoms with E-state index >= 15 is 0 Å². The maximum absolute atomic E-state index is 11.8. The van der Waals surface area contributed by atoms with Crippen LogP contribution in [0.5, 0.6) is 0 Å². The number of nitrogens with one attached hydrogen (secondary N) is 1. The normalized spacial score (nSPS) is 12.0. The number of amides is 2. The molecule has 0 radical (unpaired) electrons. The van der Waals surface area contributed by atoms with Crippen LogP contribution in [-0.2, 0) is 11.2 Å². The summed E-state index contributed by atoms with van der Waals surface area (Å²) in [6, 6.07) is 7.96. The second-order valence-electron chi connectivity index (χ2n) is 4.73. The van der Waals surface area contributed by atoms with Gasteiger partial charge in [-0.25, -0.2) is 9.59 Å². The van der Waals surface area contributed by atoms with Crippen molar-refractivity contribution in [1.82, 2.24) is 10.2 Å². The standard InChI is InChI=1S/C14H20N2O3/c1-10(2)16(3)14(19)15-12(13(17)18)9-11-7-5-4-6-8-11/h4-8,10,12H,9H2,1-3H3,(H,15,19)(H,17,18). The van der Waals surface area contributed by atoms with Crippen LogP contribution in [0.1, 0.15) is 19.4 Å². The minimum absolute atomic E-state index is 0.0196. The lowest BCUT2D eigenvalue weighted by Gasteiger charge is -2.24. The van der Waals surface area contributed by atoms with Crippen LogP contribution in [0.25, 0.3) is 0 Å². The zero-order chi connectivity index (χ0) is 14.4. The Kier molecular flexibility index (Phi) is 5.36. The van der Waals surface area contributed by atoms with Crippen molar-refractivity contribution >= 4 is 12.0 Å². The quantitative estimate of drug-likeness (QED) is 0.851. The molecule has 0 aliphatic carbocycles. The summed E-state index contributed by atoms with van der Waals surface area (Å²) in [5, 5.41) is 11.7. The lowest BCUT2D eigenvalue weighted by atomic mass is 10.1. The third-order valence-corrected chi connectivity index (χ3v) is 2.97. The van der Waals surface area contributed by atoms with Gasteiger partial charge < -0.3 is 15.3 Å². The molecule has 1 aromatic carbocycles. The second kappa shape index (κ2) is 6.78. The number of urea groups is 1. The number of benzene rings is 1. The van der Waals surface area contributed by atoms with Gasteiger partial charge >= 0.3 is 12.0 Å². The Labute approximate surface area is 113 Å². The van der Waals surface area contributed by atoms with Crippen molar-refractivity contribution in [2.45, 2.75) is 32.4 Å². The number of rotatable bonds is 5. The minimum Gasteiger partial charge on any atom is -0.480 e. The molecule has 5 nitrogen and oxygen atoms in total. The average Bonchev–Trinajstić information content (AvgIpc) is 2.37. The van der Waals surface area contributed by atoms with E-state index in [1.165, 1.54) is 4.90 Å².